The molecule has 5 nitrogen and oxygen atoms in total. The van der Waals surface area contributed by atoms with E-state index in [4.69, 9.17) is 20.9 Å². The van der Waals surface area contributed by atoms with Crippen molar-refractivity contribution < 1.29 is 22.5 Å². The van der Waals surface area contributed by atoms with Gasteiger partial charge in [-0.3, -0.25) is 9.35 Å². The van der Waals surface area contributed by atoms with E-state index in [1.807, 2.05) is 0 Å². The largest absolute Gasteiger partial charge is 0.467 e. The van der Waals surface area contributed by atoms with Crippen molar-refractivity contribution in [2.45, 2.75) is 49.5 Å². The number of ether oxygens (including phenoxy) is 1. The molecule has 0 aromatic heterocycles. The number of benzene rings is 1. The molecule has 0 fully saturated rings. The van der Waals surface area contributed by atoms with Crippen LogP contribution in [-0.2, 0) is 14.9 Å². The quantitative estimate of drug-likeness (QED) is 0.425. The van der Waals surface area contributed by atoms with Crippen LogP contribution in [0.1, 0.15) is 39.0 Å². The van der Waals surface area contributed by atoms with Crippen LogP contribution in [0, 0.1) is 0 Å². The maximum absolute atomic E-state index is 11.7. The molecule has 1 rings (SSSR count). The van der Waals surface area contributed by atoms with Gasteiger partial charge in [-0.05, 0) is 30.7 Å². The Labute approximate surface area is 130 Å². The predicted molar refractivity (Wildman–Crippen MR) is 80.3 cm³/mol. The number of hydrogen-bond acceptors (Lipinski definition) is 4. The molecule has 118 valence electrons. The number of ketones is 1. The third-order valence-electron chi connectivity index (χ3n) is 2.89. The first kappa shape index (κ1) is 17.9. The molecular formula is C14H19ClO5S. The van der Waals surface area contributed by atoms with Crippen LogP contribution < -0.4 is 4.74 Å². The molecule has 0 saturated carbocycles. The molecule has 1 N–H and O–H groups in total. The van der Waals surface area contributed by atoms with Crippen molar-refractivity contribution in [1.82, 2.24) is 0 Å². The molecule has 7 heteroatoms. The summed E-state index contributed by atoms with van der Waals surface area (Å²) in [5.74, 6) is 0.0657. The van der Waals surface area contributed by atoms with Gasteiger partial charge in [-0.1, -0.05) is 37.8 Å². The van der Waals surface area contributed by atoms with Crippen molar-refractivity contribution in [2.75, 3.05) is 0 Å². The van der Waals surface area contributed by atoms with Crippen LogP contribution in [0.4, 0.5) is 0 Å². The third kappa shape index (κ3) is 6.46. The molecule has 1 atom stereocenters. The number of rotatable bonds is 9. The molecule has 1 aromatic rings. The number of carbonyl (C=O) groups excluding carboxylic acids is 1. The molecule has 0 radical (unpaired) electrons. The maximum atomic E-state index is 11.7. The summed E-state index contributed by atoms with van der Waals surface area (Å²) in [4.78, 5) is 11.5. The molecule has 0 aliphatic heterocycles. The average Bonchev–Trinajstić information content (AvgIpc) is 2.43. The number of Topliss-reactive ketones (excluding diaryl/α,β-unsaturated/α-hetero) is 1. The number of carbonyl (C=O) groups is 1. The zero-order chi connectivity index (χ0) is 15.9. The summed E-state index contributed by atoms with van der Waals surface area (Å²) in [7, 11) is -4.24. The molecule has 1 unspecified atom stereocenters. The Kier molecular flexibility index (Phi) is 7.14. The fourth-order valence-electron chi connectivity index (χ4n) is 1.71. The minimum atomic E-state index is -4.24. The van der Waals surface area contributed by atoms with Gasteiger partial charge >= 0.3 is 0 Å². The molecule has 1 aromatic carbocycles. The lowest BCUT2D eigenvalue weighted by atomic mass is 10.1. The van der Waals surface area contributed by atoms with Crippen LogP contribution in [0.15, 0.2) is 29.2 Å². The number of hydrogen-bond donors (Lipinski definition) is 1. The Morgan fingerprint density at radius 2 is 1.86 bits per heavy atom. The monoisotopic (exact) mass is 334 g/mol. The van der Waals surface area contributed by atoms with E-state index in [-0.39, 0.29) is 16.4 Å². The lowest BCUT2D eigenvalue weighted by molar-refractivity contribution is -0.122. The highest BCUT2D eigenvalue weighted by Gasteiger charge is 2.17. The highest BCUT2D eigenvalue weighted by molar-refractivity contribution is 7.85. The van der Waals surface area contributed by atoms with E-state index in [0.717, 1.165) is 25.7 Å². The molecule has 0 saturated heterocycles. The Hall–Kier alpha value is -1.11. The van der Waals surface area contributed by atoms with Gasteiger partial charge in [-0.25, -0.2) is 0 Å². The van der Waals surface area contributed by atoms with Crippen molar-refractivity contribution in [3.8, 4) is 5.75 Å². The second kappa shape index (κ2) is 8.36. The van der Waals surface area contributed by atoms with E-state index in [9.17, 15) is 13.2 Å². The molecule has 0 aliphatic carbocycles. The Morgan fingerprint density at radius 3 is 2.38 bits per heavy atom. The van der Waals surface area contributed by atoms with Gasteiger partial charge in [-0.15, -0.1) is 0 Å². The molecule has 0 aliphatic rings. The molecule has 0 heterocycles. The lowest BCUT2D eigenvalue weighted by Gasteiger charge is -2.11. The zero-order valence-electron chi connectivity index (χ0n) is 11.8. The van der Waals surface area contributed by atoms with Gasteiger partial charge in [0, 0.05) is 6.42 Å². The van der Waals surface area contributed by atoms with E-state index in [2.05, 4.69) is 6.92 Å². The van der Waals surface area contributed by atoms with Crippen molar-refractivity contribution in [1.29, 1.82) is 0 Å². The third-order valence-corrected chi connectivity index (χ3v) is 4.09. The fraction of sp³-hybridized carbons (Fsp3) is 0.500. The normalized spacial score (nSPS) is 12.9. The maximum Gasteiger partial charge on any atom is 0.294 e. The standard InChI is InChI=1S/C14H19ClO5S/c1-2-3-4-5-6-13(16)14(15)20-11-7-9-12(10-8-11)21(17,18)19/h7-10,14H,2-6H2,1H3,(H,17,18,19). The van der Waals surface area contributed by atoms with E-state index < -0.39 is 15.7 Å². The minimum Gasteiger partial charge on any atom is -0.467 e. The van der Waals surface area contributed by atoms with Crippen molar-refractivity contribution in [3.63, 3.8) is 0 Å². The van der Waals surface area contributed by atoms with E-state index in [1.54, 1.807) is 0 Å². The summed E-state index contributed by atoms with van der Waals surface area (Å²) in [5.41, 5.74) is -1.09. The minimum absolute atomic E-state index is 0.202. The zero-order valence-corrected chi connectivity index (χ0v) is 13.4. The number of alkyl halides is 1. The first-order chi connectivity index (χ1) is 9.84. The Bertz CT molecular complexity index is 553. The van der Waals surface area contributed by atoms with E-state index in [1.165, 1.54) is 24.3 Å². The van der Waals surface area contributed by atoms with Crippen LogP contribution in [0.2, 0.25) is 0 Å². The SMILES string of the molecule is CCCCCCC(=O)C(Cl)Oc1ccc(S(=O)(=O)O)cc1. The molecule has 21 heavy (non-hydrogen) atoms. The topological polar surface area (TPSA) is 80.7 Å². The lowest BCUT2D eigenvalue weighted by Crippen LogP contribution is -2.21. The van der Waals surface area contributed by atoms with Crippen molar-refractivity contribution >= 4 is 27.5 Å². The first-order valence-electron chi connectivity index (χ1n) is 6.75. The molecular weight excluding hydrogens is 316 g/mol. The average molecular weight is 335 g/mol. The van der Waals surface area contributed by atoms with Crippen LogP contribution in [0.3, 0.4) is 0 Å². The molecule has 0 amide bonds. The summed E-state index contributed by atoms with van der Waals surface area (Å²) in [5, 5.41) is 0. The second-order valence-electron chi connectivity index (χ2n) is 4.66. The van der Waals surface area contributed by atoms with Gasteiger partial charge in [-0.2, -0.15) is 8.42 Å². The Balaban J connectivity index is 2.50. The van der Waals surface area contributed by atoms with Crippen LogP contribution in [0.5, 0.6) is 5.75 Å². The molecule has 0 bridgehead atoms. The second-order valence-corrected chi connectivity index (χ2v) is 6.48. The summed E-state index contributed by atoms with van der Waals surface area (Å²) >= 11 is 5.87. The van der Waals surface area contributed by atoms with Gasteiger partial charge in [0.05, 0.1) is 4.90 Å². The van der Waals surface area contributed by atoms with Gasteiger partial charge in [0.2, 0.25) is 5.56 Å². The van der Waals surface area contributed by atoms with Crippen LogP contribution in [-0.4, -0.2) is 24.3 Å². The summed E-state index contributed by atoms with van der Waals surface area (Å²) in [6, 6.07) is 5.03. The smallest absolute Gasteiger partial charge is 0.294 e. The summed E-state index contributed by atoms with van der Waals surface area (Å²) in [6.45, 7) is 2.09. The highest BCUT2D eigenvalue weighted by atomic mass is 35.5. The molecule has 0 spiro atoms. The number of unbranched alkanes of at least 4 members (excludes halogenated alkanes) is 3. The van der Waals surface area contributed by atoms with Gasteiger partial charge in [0.15, 0.2) is 5.78 Å². The van der Waals surface area contributed by atoms with Crippen LogP contribution in [0.25, 0.3) is 0 Å². The number of halogens is 1. The summed E-state index contributed by atoms with van der Waals surface area (Å²) < 4.78 is 35.8. The van der Waals surface area contributed by atoms with Gasteiger partial charge in [0.25, 0.3) is 10.1 Å². The van der Waals surface area contributed by atoms with Crippen molar-refractivity contribution in [3.05, 3.63) is 24.3 Å². The highest BCUT2D eigenvalue weighted by Crippen LogP contribution is 2.19. The van der Waals surface area contributed by atoms with E-state index in [0.29, 0.717) is 6.42 Å². The summed E-state index contributed by atoms with van der Waals surface area (Å²) in [6.07, 6.45) is 4.29. The predicted octanol–water partition coefficient (Wildman–Crippen LogP) is 3.42. The fourth-order valence-corrected chi connectivity index (χ4v) is 2.41. The van der Waals surface area contributed by atoms with E-state index >= 15 is 0 Å². The Morgan fingerprint density at radius 1 is 1.24 bits per heavy atom. The first-order valence-corrected chi connectivity index (χ1v) is 8.63. The van der Waals surface area contributed by atoms with Crippen molar-refractivity contribution in [2.24, 2.45) is 0 Å². The van der Waals surface area contributed by atoms with Gasteiger partial charge < -0.3 is 4.74 Å². The van der Waals surface area contributed by atoms with Gasteiger partial charge in [0.1, 0.15) is 5.75 Å². The van der Waals surface area contributed by atoms with Crippen LogP contribution >= 0.6 is 11.6 Å².